The zero-order valence-electron chi connectivity index (χ0n) is 20.2. The van der Waals surface area contributed by atoms with Crippen LogP contribution in [0.5, 0.6) is 0 Å². The van der Waals surface area contributed by atoms with Gasteiger partial charge in [-0.1, -0.05) is 6.08 Å². The number of β-amino-alcohol motifs (C(OH)–C–C–N with tert-alkyl or cyclic N) is 1. The average Bonchev–Trinajstić information content (AvgIpc) is 3.38. The minimum absolute atomic E-state index is 0.0751. The lowest BCUT2D eigenvalue weighted by Gasteiger charge is -2.38. The van der Waals surface area contributed by atoms with Crippen LogP contribution in [0.1, 0.15) is 26.7 Å². The van der Waals surface area contributed by atoms with Crippen molar-refractivity contribution in [3.05, 3.63) is 12.7 Å². The Kier molecular flexibility index (Phi) is 7.61. The van der Waals surface area contributed by atoms with Crippen LogP contribution < -0.4 is 0 Å². The van der Waals surface area contributed by atoms with Crippen LogP contribution >= 0.6 is 11.8 Å². The molecule has 1 spiro atoms. The molecule has 1 N–H and O–H groups in total. The smallest absolute Gasteiger partial charge is 0.311 e. The minimum Gasteiger partial charge on any atom is -0.466 e. The monoisotopic (exact) mass is 495 g/mol. The summed E-state index contributed by atoms with van der Waals surface area (Å²) in [6.07, 6.45) is 3.14. The third-order valence-corrected chi connectivity index (χ3v) is 9.83. The molecule has 4 saturated heterocycles. The number of aliphatic hydroxyl groups is 1. The highest BCUT2D eigenvalue weighted by Crippen LogP contribution is 2.71. The van der Waals surface area contributed by atoms with Gasteiger partial charge in [-0.3, -0.25) is 19.3 Å². The summed E-state index contributed by atoms with van der Waals surface area (Å²) >= 11 is 1.62. The first kappa shape index (κ1) is 25.5. The number of carbonyl (C=O) groups excluding carboxylic acids is 3. The first-order valence-electron chi connectivity index (χ1n) is 12.3. The first-order valence-corrected chi connectivity index (χ1v) is 13.1. The Balaban J connectivity index is 1.63. The fraction of sp³-hybridized carbons (Fsp3) is 0.792. The zero-order valence-corrected chi connectivity index (χ0v) is 21.1. The molecule has 4 aliphatic heterocycles. The van der Waals surface area contributed by atoms with Gasteiger partial charge in [0.25, 0.3) is 0 Å². The van der Waals surface area contributed by atoms with Gasteiger partial charge in [0.1, 0.15) is 6.04 Å². The van der Waals surface area contributed by atoms with Crippen LogP contribution in [0.4, 0.5) is 0 Å². The summed E-state index contributed by atoms with van der Waals surface area (Å²) in [5.74, 6) is -1.89. The van der Waals surface area contributed by atoms with Gasteiger partial charge in [-0.2, -0.15) is 0 Å². The van der Waals surface area contributed by atoms with Crippen LogP contribution in [-0.4, -0.2) is 119 Å². The van der Waals surface area contributed by atoms with Crippen LogP contribution in [-0.2, 0) is 23.9 Å². The number of esters is 1. The summed E-state index contributed by atoms with van der Waals surface area (Å²) in [4.78, 5) is 46.4. The van der Waals surface area contributed by atoms with E-state index < -0.39 is 27.4 Å². The van der Waals surface area contributed by atoms with E-state index >= 15 is 0 Å². The molecule has 0 aromatic heterocycles. The van der Waals surface area contributed by atoms with Gasteiger partial charge in [0.15, 0.2) is 0 Å². The Morgan fingerprint density at radius 3 is 2.71 bits per heavy atom. The van der Waals surface area contributed by atoms with Crippen molar-refractivity contribution < 1.29 is 29.0 Å². The van der Waals surface area contributed by atoms with E-state index in [2.05, 4.69) is 11.5 Å². The highest BCUT2D eigenvalue weighted by molar-refractivity contribution is 8.02. The van der Waals surface area contributed by atoms with Crippen molar-refractivity contribution in [2.75, 3.05) is 65.7 Å². The highest BCUT2D eigenvalue weighted by Gasteiger charge is 2.77. The van der Waals surface area contributed by atoms with E-state index in [0.29, 0.717) is 32.7 Å². The molecule has 0 aromatic carbocycles. The number of rotatable bonds is 10. The van der Waals surface area contributed by atoms with Crippen molar-refractivity contribution in [2.45, 2.75) is 42.2 Å². The van der Waals surface area contributed by atoms with Crippen molar-refractivity contribution in [3.8, 4) is 0 Å². The number of nitrogens with zero attached hydrogens (tertiary/aromatic N) is 3. The predicted molar refractivity (Wildman–Crippen MR) is 128 cm³/mol. The molecule has 10 heteroatoms. The number of likely N-dealkylation sites (tertiary alicyclic amines) is 1. The summed E-state index contributed by atoms with van der Waals surface area (Å²) in [6.45, 7) is 12.4. The minimum atomic E-state index is -0.715. The first-order chi connectivity index (χ1) is 16.3. The second-order valence-electron chi connectivity index (χ2n) is 9.76. The molecule has 4 rings (SSSR count). The van der Waals surface area contributed by atoms with Gasteiger partial charge in [0, 0.05) is 44.0 Å². The molecule has 190 valence electrons. The number of amides is 2. The Bertz CT molecular complexity index is 821. The van der Waals surface area contributed by atoms with Crippen LogP contribution in [0.2, 0.25) is 0 Å². The van der Waals surface area contributed by atoms with Crippen LogP contribution in [0.25, 0.3) is 0 Å². The van der Waals surface area contributed by atoms with Gasteiger partial charge in [0.05, 0.1) is 43.0 Å². The molecule has 5 atom stereocenters. The van der Waals surface area contributed by atoms with Gasteiger partial charge < -0.3 is 24.4 Å². The summed E-state index contributed by atoms with van der Waals surface area (Å²) in [6, 6.07) is -0.715. The maximum atomic E-state index is 14.1. The molecule has 4 aliphatic rings. The van der Waals surface area contributed by atoms with E-state index in [1.54, 1.807) is 29.7 Å². The third-order valence-electron chi connectivity index (χ3n) is 7.84. The van der Waals surface area contributed by atoms with E-state index in [9.17, 15) is 19.5 Å². The molecule has 4 fully saturated rings. The molecule has 0 aliphatic carbocycles. The lowest BCUT2D eigenvalue weighted by atomic mass is 9.66. The number of thioether (sulfide) groups is 1. The standard InChI is InChI=1S/C24H37N3O6S/c1-4-8-26(10-9-25-12-15-32-16-13-25)21(30)19-24-7-6-23(3,34-24)18(22(31)33-5-2)17(24)20(29)27(19)11-14-28/h4,17-19,28H,1,5-16H2,2-3H3/t17-,18-,19?,23+,24?/m0/s1. The topological polar surface area (TPSA) is 99.6 Å². The average molecular weight is 496 g/mol. The van der Waals surface area contributed by atoms with Gasteiger partial charge in [-0.25, -0.2) is 0 Å². The number of morpholine rings is 1. The van der Waals surface area contributed by atoms with Crippen LogP contribution in [0.3, 0.4) is 0 Å². The molecule has 0 radical (unpaired) electrons. The van der Waals surface area contributed by atoms with Crippen LogP contribution in [0, 0.1) is 11.8 Å². The summed E-state index contributed by atoms with van der Waals surface area (Å²) < 4.78 is 9.68. The fourth-order valence-corrected chi connectivity index (χ4v) is 8.69. The van der Waals surface area contributed by atoms with Crippen molar-refractivity contribution in [2.24, 2.45) is 11.8 Å². The predicted octanol–water partition coefficient (Wildman–Crippen LogP) is 0.370. The lowest BCUT2D eigenvalue weighted by Crippen LogP contribution is -2.56. The normalized spacial score (nSPS) is 34.9. The van der Waals surface area contributed by atoms with E-state index in [1.165, 1.54) is 4.90 Å². The fourth-order valence-electron chi connectivity index (χ4n) is 6.35. The lowest BCUT2D eigenvalue weighted by molar-refractivity contribution is -0.155. The van der Waals surface area contributed by atoms with E-state index in [0.717, 1.165) is 26.1 Å². The van der Waals surface area contributed by atoms with E-state index in [4.69, 9.17) is 9.47 Å². The molecule has 0 aromatic rings. The molecule has 2 bridgehead atoms. The summed E-state index contributed by atoms with van der Waals surface area (Å²) in [7, 11) is 0. The van der Waals surface area contributed by atoms with E-state index in [-0.39, 0.29) is 37.5 Å². The molecule has 9 nitrogen and oxygen atoms in total. The van der Waals surface area contributed by atoms with Crippen molar-refractivity contribution in [3.63, 3.8) is 0 Å². The quantitative estimate of drug-likeness (QED) is 0.343. The number of carbonyl (C=O) groups is 3. The van der Waals surface area contributed by atoms with Crippen LogP contribution in [0.15, 0.2) is 12.7 Å². The Labute approximate surface area is 205 Å². The van der Waals surface area contributed by atoms with Gasteiger partial charge in [-0.05, 0) is 26.7 Å². The van der Waals surface area contributed by atoms with Crippen molar-refractivity contribution in [1.29, 1.82) is 0 Å². The molecule has 2 amide bonds. The maximum Gasteiger partial charge on any atom is 0.311 e. The number of hydrogen-bond acceptors (Lipinski definition) is 8. The van der Waals surface area contributed by atoms with Crippen molar-refractivity contribution in [1.82, 2.24) is 14.7 Å². The second kappa shape index (κ2) is 10.2. The SMILES string of the molecule is C=CCN(CCN1CCOCC1)C(=O)C1N(CCO)C(=O)[C@@H]2[C@@H](C(=O)OCC)[C@@]3(C)CCC12S3. The second-order valence-corrected chi connectivity index (χ2v) is 11.7. The maximum absolute atomic E-state index is 14.1. The molecule has 0 saturated carbocycles. The number of fused-ring (bicyclic) bond motifs is 1. The number of hydrogen-bond donors (Lipinski definition) is 1. The number of ether oxygens (including phenoxy) is 2. The molecule has 2 unspecified atom stereocenters. The largest absolute Gasteiger partial charge is 0.466 e. The molecular formula is C24H37N3O6S. The molecular weight excluding hydrogens is 458 g/mol. The van der Waals surface area contributed by atoms with Gasteiger partial charge >= 0.3 is 5.97 Å². The van der Waals surface area contributed by atoms with Crippen molar-refractivity contribution >= 4 is 29.5 Å². The van der Waals surface area contributed by atoms with Gasteiger partial charge in [-0.15, -0.1) is 18.3 Å². The summed E-state index contributed by atoms with van der Waals surface area (Å²) in [5.41, 5.74) is 0. The number of aliphatic hydroxyl groups excluding tert-OH is 1. The summed E-state index contributed by atoms with van der Waals surface area (Å²) in [5, 5.41) is 9.75. The zero-order chi connectivity index (χ0) is 24.5. The Morgan fingerprint density at radius 2 is 2.06 bits per heavy atom. The third kappa shape index (κ3) is 4.16. The van der Waals surface area contributed by atoms with E-state index in [1.807, 2.05) is 6.92 Å². The Morgan fingerprint density at radius 1 is 1.32 bits per heavy atom. The Hall–Kier alpha value is -1.62. The molecule has 34 heavy (non-hydrogen) atoms. The molecule has 4 heterocycles. The van der Waals surface area contributed by atoms with Gasteiger partial charge in [0.2, 0.25) is 11.8 Å². The highest BCUT2D eigenvalue weighted by atomic mass is 32.2.